The Morgan fingerprint density at radius 3 is 1.97 bits per heavy atom. The molecule has 1 amide bonds. The molecule has 0 saturated carbocycles. The summed E-state index contributed by atoms with van der Waals surface area (Å²) in [6.07, 6.45) is 0. The SMILES string of the molecule is C[C@@H](N[C@H](C)c1ccc2c(c1)OCCO2)C(=O)NC(c1ccccc1)c1ccccc1. The second kappa shape index (κ2) is 9.67. The maximum atomic E-state index is 13.1. The largest absolute Gasteiger partial charge is 0.486 e. The third kappa shape index (κ3) is 5.06. The van der Waals surface area contributed by atoms with Crippen LogP contribution in [-0.2, 0) is 4.79 Å². The Kier molecular flexibility index (Phi) is 6.53. The van der Waals surface area contributed by atoms with E-state index in [0.29, 0.717) is 13.2 Å². The van der Waals surface area contributed by atoms with Crippen LogP contribution >= 0.6 is 0 Å². The van der Waals surface area contributed by atoms with E-state index in [4.69, 9.17) is 9.47 Å². The van der Waals surface area contributed by atoms with Gasteiger partial charge in [-0.1, -0.05) is 66.7 Å². The van der Waals surface area contributed by atoms with E-state index in [-0.39, 0.29) is 24.0 Å². The molecule has 0 fully saturated rings. The Hall–Kier alpha value is -3.31. The smallest absolute Gasteiger partial charge is 0.237 e. The summed E-state index contributed by atoms with van der Waals surface area (Å²) < 4.78 is 11.3. The lowest BCUT2D eigenvalue weighted by Gasteiger charge is -2.25. The molecule has 5 nitrogen and oxygen atoms in total. The van der Waals surface area contributed by atoms with Crippen LogP contribution in [0.15, 0.2) is 78.9 Å². The van der Waals surface area contributed by atoms with E-state index < -0.39 is 0 Å². The van der Waals surface area contributed by atoms with Crippen LogP contribution in [0.2, 0.25) is 0 Å². The first kappa shape index (κ1) is 20.9. The minimum Gasteiger partial charge on any atom is -0.486 e. The summed E-state index contributed by atoms with van der Waals surface area (Å²) in [5, 5.41) is 6.61. The molecule has 1 heterocycles. The average molecular weight is 417 g/mol. The summed E-state index contributed by atoms with van der Waals surface area (Å²) in [4.78, 5) is 13.1. The number of ether oxygens (including phenoxy) is 2. The Balaban J connectivity index is 1.45. The third-order valence-corrected chi connectivity index (χ3v) is 5.51. The fourth-order valence-corrected chi connectivity index (χ4v) is 3.79. The summed E-state index contributed by atoms with van der Waals surface area (Å²) in [7, 11) is 0. The van der Waals surface area contributed by atoms with Crippen molar-refractivity contribution < 1.29 is 14.3 Å². The van der Waals surface area contributed by atoms with Gasteiger partial charge in [0.2, 0.25) is 5.91 Å². The number of amides is 1. The van der Waals surface area contributed by atoms with Gasteiger partial charge in [0.25, 0.3) is 0 Å². The van der Waals surface area contributed by atoms with Crippen LogP contribution in [0.5, 0.6) is 11.5 Å². The van der Waals surface area contributed by atoms with Crippen molar-refractivity contribution in [3.63, 3.8) is 0 Å². The molecule has 0 spiro atoms. The maximum Gasteiger partial charge on any atom is 0.237 e. The Labute approximate surface area is 183 Å². The highest BCUT2D eigenvalue weighted by Crippen LogP contribution is 2.32. The molecule has 0 radical (unpaired) electrons. The molecule has 2 atom stereocenters. The number of carbonyl (C=O) groups is 1. The number of benzene rings is 3. The standard InChI is InChI=1S/C26H28N2O3/c1-18(22-13-14-23-24(17-22)31-16-15-30-23)27-19(2)26(29)28-25(20-9-5-3-6-10-20)21-11-7-4-8-12-21/h3-14,17-19,25,27H,15-16H2,1-2H3,(H,28,29)/t18-,19-/m1/s1. The van der Waals surface area contributed by atoms with Crippen LogP contribution in [0.1, 0.15) is 42.6 Å². The molecule has 5 heteroatoms. The zero-order valence-electron chi connectivity index (χ0n) is 17.9. The second-order valence-electron chi connectivity index (χ2n) is 7.78. The topological polar surface area (TPSA) is 59.6 Å². The quantitative estimate of drug-likeness (QED) is 0.599. The summed E-state index contributed by atoms with van der Waals surface area (Å²) in [5.41, 5.74) is 3.15. The molecule has 3 aromatic carbocycles. The van der Waals surface area contributed by atoms with Crippen LogP contribution in [0, 0.1) is 0 Å². The van der Waals surface area contributed by atoms with E-state index in [1.807, 2.05) is 92.7 Å². The Bertz CT molecular complexity index is 968. The van der Waals surface area contributed by atoms with Crippen LogP contribution in [-0.4, -0.2) is 25.2 Å². The third-order valence-electron chi connectivity index (χ3n) is 5.51. The lowest BCUT2D eigenvalue weighted by molar-refractivity contribution is -0.123. The first-order valence-electron chi connectivity index (χ1n) is 10.7. The molecule has 0 aliphatic carbocycles. The predicted octanol–water partition coefficient (Wildman–Crippen LogP) is 4.40. The van der Waals surface area contributed by atoms with Gasteiger partial charge in [0.15, 0.2) is 11.5 Å². The van der Waals surface area contributed by atoms with Crippen LogP contribution in [0.25, 0.3) is 0 Å². The number of nitrogens with one attached hydrogen (secondary N) is 2. The van der Waals surface area contributed by atoms with Gasteiger partial charge in [0.05, 0.1) is 12.1 Å². The lowest BCUT2D eigenvalue weighted by Crippen LogP contribution is -2.44. The number of hydrogen-bond acceptors (Lipinski definition) is 4. The molecule has 0 bridgehead atoms. The van der Waals surface area contributed by atoms with E-state index in [0.717, 1.165) is 28.2 Å². The van der Waals surface area contributed by atoms with E-state index in [1.54, 1.807) is 0 Å². The molecule has 1 aliphatic heterocycles. The zero-order valence-corrected chi connectivity index (χ0v) is 17.9. The fourth-order valence-electron chi connectivity index (χ4n) is 3.79. The highest BCUT2D eigenvalue weighted by atomic mass is 16.6. The minimum atomic E-state index is -0.377. The highest BCUT2D eigenvalue weighted by molar-refractivity contribution is 5.82. The van der Waals surface area contributed by atoms with E-state index in [1.165, 1.54) is 0 Å². The molecule has 4 rings (SSSR count). The summed E-state index contributed by atoms with van der Waals surface area (Å²) >= 11 is 0. The van der Waals surface area contributed by atoms with Gasteiger partial charge in [-0.25, -0.2) is 0 Å². The molecule has 1 aliphatic rings. The molecule has 0 aromatic heterocycles. The normalized spacial score (nSPS) is 14.7. The summed E-state index contributed by atoms with van der Waals surface area (Å²) in [6.45, 7) is 5.05. The van der Waals surface area contributed by atoms with Crippen molar-refractivity contribution in [2.24, 2.45) is 0 Å². The van der Waals surface area contributed by atoms with Crippen molar-refractivity contribution in [1.82, 2.24) is 10.6 Å². The van der Waals surface area contributed by atoms with Crippen LogP contribution < -0.4 is 20.1 Å². The fraction of sp³-hybridized carbons (Fsp3) is 0.269. The van der Waals surface area contributed by atoms with Gasteiger partial charge >= 0.3 is 0 Å². The molecule has 31 heavy (non-hydrogen) atoms. The van der Waals surface area contributed by atoms with Gasteiger partial charge in [0, 0.05) is 6.04 Å². The number of hydrogen-bond donors (Lipinski definition) is 2. The van der Waals surface area contributed by atoms with Crippen molar-refractivity contribution in [3.05, 3.63) is 95.6 Å². The van der Waals surface area contributed by atoms with Crippen molar-refractivity contribution >= 4 is 5.91 Å². The van der Waals surface area contributed by atoms with Crippen molar-refractivity contribution in [1.29, 1.82) is 0 Å². The van der Waals surface area contributed by atoms with Gasteiger partial charge in [0.1, 0.15) is 13.2 Å². The molecule has 0 unspecified atom stereocenters. The number of carbonyl (C=O) groups excluding carboxylic acids is 1. The van der Waals surface area contributed by atoms with Crippen molar-refractivity contribution in [3.8, 4) is 11.5 Å². The summed E-state index contributed by atoms with van der Waals surface area (Å²) in [6, 6.07) is 25.4. The molecule has 3 aromatic rings. The van der Waals surface area contributed by atoms with Gasteiger partial charge in [-0.2, -0.15) is 0 Å². The average Bonchev–Trinajstić information content (AvgIpc) is 2.83. The molecule has 2 N–H and O–H groups in total. The van der Waals surface area contributed by atoms with Crippen LogP contribution in [0.3, 0.4) is 0 Å². The molecular formula is C26H28N2O3. The van der Waals surface area contributed by atoms with Crippen LogP contribution in [0.4, 0.5) is 0 Å². The first-order valence-corrected chi connectivity index (χ1v) is 10.7. The van der Waals surface area contributed by atoms with Gasteiger partial charge in [-0.3, -0.25) is 10.1 Å². The second-order valence-corrected chi connectivity index (χ2v) is 7.78. The van der Waals surface area contributed by atoms with Crippen molar-refractivity contribution in [2.75, 3.05) is 13.2 Å². The van der Waals surface area contributed by atoms with Crippen molar-refractivity contribution in [2.45, 2.75) is 32.0 Å². The minimum absolute atomic E-state index is 0.0246. The first-order chi connectivity index (χ1) is 15.1. The molecule has 160 valence electrons. The zero-order chi connectivity index (χ0) is 21.6. The molecular weight excluding hydrogens is 388 g/mol. The monoisotopic (exact) mass is 416 g/mol. The Morgan fingerprint density at radius 2 is 1.35 bits per heavy atom. The maximum absolute atomic E-state index is 13.1. The van der Waals surface area contributed by atoms with E-state index in [9.17, 15) is 4.79 Å². The van der Waals surface area contributed by atoms with Gasteiger partial charge < -0.3 is 14.8 Å². The predicted molar refractivity (Wildman–Crippen MR) is 121 cm³/mol. The Morgan fingerprint density at radius 1 is 0.774 bits per heavy atom. The highest BCUT2D eigenvalue weighted by Gasteiger charge is 2.22. The molecule has 0 saturated heterocycles. The van der Waals surface area contributed by atoms with E-state index >= 15 is 0 Å². The lowest BCUT2D eigenvalue weighted by atomic mass is 9.98. The van der Waals surface area contributed by atoms with Gasteiger partial charge in [-0.15, -0.1) is 0 Å². The summed E-state index contributed by atoms with van der Waals surface area (Å²) in [5.74, 6) is 1.46. The number of fused-ring (bicyclic) bond motifs is 1. The van der Waals surface area contributed by atoms with Gasteiger partial charge in [-0.05, 0) is 42.7 Å². The number of rotatable bonds is 7. The van der Waals surface area contributed by atoms with E-state index in [2.05, 4.69) is 10.6 Å².